The molecule has 0 aliphatic rings. The van der Waals surface area contributed by atoms with E-state index in [0.717, 1.165) is 5.57 Å². The fraction of sp³-hybridized carbons (Fsp3) is 0.769. The highest BCUT2D eigenvalue weighted by Crippen LogP contribution is 2.33. The van der Waals surface area contributed by atoms with Crippen molar-refractivity contribution >= 4 is 0 Å². The van der Waals surface area contributed by atoms with Crippen LogP contribution in [0.3, 0.4) is 0 Å². The van der Waals surface area contributed by atoms with Gasteiger partial charge in [0.15, 0.2) is 0 Å². The van der Waals surface area contributed by atoms with Crippen molar-refractivity contribution in [2.24, 2.45) is 5.41 Å². The Morgan fingerprint density at radius 3 is 1.53 bits per heavy atom. The predicted octanol–water partition coefficient (Wildman–Crippen LogP) is 2.66. The van der Waals surface area contributed by atoms with E-state index >= 15 is 0 Å². The molecule has 0 aromatic rings. The van der Waals surface area contributed by atoms with Crippen LogP contribution in [0.1, 0.15) is 48.5 Å². The van der Waals surface area contributed by atoms with E-state index < -0.39 is 11.2 Å². The number of hydrogen-bond donors (Lipinski definition) is 2. The molecule has 2 heteroatoms. The van der Waals surface area contributed by atoms with Crippen LogP contribution < -0.4 is 0 Å². The summed E-state index contributed by atoms with van der Waals surface area (Å²) in [5.74, 6) is 0. The van der Waals surface area contributed by atoms with Crippen molar-refractivity contribution < 1.29 is 10.2 Å². The van der Waals surface area contributed by atoms with Crippen LogP contribution in [0.4, 0.5) is 0 Å². The van der Waals surface area contributed by atoms with Crippen LogP contribution in [0.25, 0.3) is 0 Å². The standard InChI is InChI=1S/C13H24O2/c1-11(2,3)10(13(6,7)15)8-9-12(4,5)14/h9,14-15H,1-7H3. The average Bonchev–Trinajstić information content (AvgIpc) is 1.75. The van der Waals surface area contributed by atoms with Gasteiger partial charge in [0.2, 0.25) is 0 Å². The third-order valence-corrected chi connectivity index (χ3v) is 1.93. The molecule has 2 N–H and O–H groups in total. The van der Waals surface area contributed by atoms with Gasteiger partial charge in [0.25, 0.3) is 0 Å². The van der Waals surface area contributed by atoms with Crippen molar-refractivity contribution in [1.82, 2.24) is 0 Å². The maximum atomic E-state index is 10.0. The minimum atomic E-state index is -0.917. The summed E-state index contributed by atoms with van der Waals surface area (Å²) < 4.78 is 0. The van der Waals surface area contributed by atoms with Gasteiger partial charge in [0.05, 0.1) is 11.2 Å². The molecule has 0 bridgehead atoms. The molecule has 0 unspecified atom stereocenters. The lowest BCUT2D eigenvalue weighted by Gasteiger charge is -2.31. The number of hydrogen-bond acceptors (Lipinski definition) is 2. The summed E-state index contributed by atoms with van der Waals surface area (Å²) >= 11 is 0. The maximum Gasteiger partial charge on any atom is 0.0879 e. The SMILES string of the molecule is CC(C)(O)C=C=C(C(C)(C)C)C(C)(C)O. The topological polar surface area (TPSA) is 40.5 Å². The highest BCUT2D eigenvalue weighted by molar-refractivity contribution is 5.21. The fourth-order valence-corrected chi connectivity index (χ4v) is 1.56. The highest BCUT2D eigenvalue weighted by atomic mass is 16.3. The summed E-state index contributed by atoms with van der Waals surface area (Å²) in [6.07, 6.45) is 1.59. The Balaban J connectivity index is 5.44. The minimum absolute atomic E-state index is 0.167. The van der Waals surface area contributed by atoms with Crippen LogP contribution in [0.2, 0.25) is 0 Å². The molecule has 2 nitrogen and oxygen atoms in total. The zero-order chi connectivity index (χ0) is 12.5. The molecule has 15 heavy (non-hydrogen) atoms. The van der Waals surface area contributed by atoms with Gasteiger partial charge in [-0.1, -0.05) is 20.8 Å². The van der Waals surface area contributed by atoms with E-state index in [1.54, 1.807) is 33.8 Å². The molecule has 0 aliphatic heterocycles. The zero-order valence-corrected chi connectivity index (χ0v) is 11.0. The minimum Gasteiger partial charge on any atom is -0.386 e. The van der Waals surface area contributed by atoms with Crippen LogP contribution >= 0.6 is 0 Å². The van der Waals surface area contributed by atoms with Gasteiger partial charge in [0, 0.05) is 5.57 Å². The highest BCUT2D eigenvalue weighted by Gasteiger charge is 2.29. The van der Waals surface area contributed by atoms with Crippen LogP contribution in [-0.4, -0.2) is 21.4 Å². The molecule has 0 saturated heterocycles. The first kappa shape index (κ1) is 14.4. The summed E-state index contributed by atoms with van der Waals surface area (Å²) in [5, 5.41) is 19.6. The lowest BCUT2D eigenvalue weighted by atomic mass is 9.78. The smallest absolute Gasteiger partial charge is 0.0879 e. The number of aliphatic hydroxyl groups is 2. The monoisotopic (exact) mass is 212 g/mol. The third kappa shape index (κ3) is 5.78. The zero-order valence-electron chi connectivity index (χ0n) is 11.0. The van der Waals surface area contributed by atoms with E-state index in [1.165, 1.54) is 0 Å². The molecule has 88 valence electrons. The van der Waals surface area contributed by atoms with Crippen molar-refractivity contribution in [1.29, 1.82) is 0 Å². The van der Waals surface area contributed by atoms with Crippen molar-refractivity contribution in [3.8, 4) is 0 Å². The van der Waals surface area contributed by atoms with E-state index in [1.807, 2.05) is 20.8 Å². The average molecular weight is 212 g/mol. The summed E-state index contributed by atoms with van der Waals surface area (Å²) in [6, 6.07) is 0. The molecule has 0 aromatic carbocycles. The molecule has 0 saturated carbocycles. The Morgan fingerprint density at radius 2 is 1.33 bits per heavy atom. The molecule has 0 spiro atoms. The van der Waals surface area contributed by atoms with E-state index in [2.05, 4.69) is 5.73 Å². The van der Waals surface area contributed by atoms with Gasteiger partial charge >= 0.3 is 0 Å². The second-order valence-corrected chi connectivity index (χ2v) is 6.13. The quantitative estimate of drug-likeness (QED) is 0.691. The van der Waals surface area contributed by atoms with E-state index in [9.17, 15) is 10.2 Å². The molecular formula is C13H24O2. The fourth-order valence-electron chi connectivity index (χ4n) is 1.56. The summed E-state index contributed by atoms with van der Waals surface area (Å²) in [4.78, 5) is 0. The second kappa shape index (κ2) is 4.13. The first-order valence-corrected chi connectivity index (χ1v) is 5.27. The third-order valence-electron chi connectivity index (χ3n) is 1.93. The van der Waals surface area contributed by atoms with Crippen molar-refractivity contribution in [3.63, 3.8) is 0 Å². The Labute approximate surface area is 93.3 Å². The van der Waals surface area contributed by atoms with Crippen LogP contribution in [-0.2, 0) is 0 Å². The van der Waals surface area contributed by atoms with Gasteiger partial charge in [0.1, 0.15) is 0 Å². The molecule has 0 amide bonds. The predicted molar refractivity (Wildman–Crippen MR) is 63.6 cm³/mol. The van der Waals surface area contributed by atoms with Gasteiger partial charge in [-0.25, -0.2) is 0 Å². The van der Waals surface area contributed by atoms with Gasteiger partial charge in [-0.2, -0.15) is 0 Å². The van der Waals surface area contributed by atoms with Gasteiger partial charge in [-0.3, -0.25) is 0 Å². The number of rotatable bonds is 2. The van der Waals surface area contributed by atoms with Gasteiger partial charge in [-0.05, 0) is 39.2 Å². The normalized spacial score (nSPS) is 13.4. The Bertz CT molecular complexity index is 257. The summed E-state index contributed by atoms with van der Waals surface area (Å²) in [6.45, 7) is 12.9. The van der Waals surface area contributed by atoms with Crippen molar-refractivity contribution in [2.75, 3.05) is 0 Å². The van der Waals surface area contributed by atoms with E-state index in [4.69, 9.17) is 0 Å². The largest absolute Gasteiger partial charge is 0.386 e. The van der Waals surface area contributed by atoms with E-state index in [-0.39, 0.29) is 5.41 Å². The first-order valence-electron chi connectivity index (χ1n) is 5.27. The lowest BCUT2D eigenvalue weighted by Crippen LogP contribution is -2.30. The second-order valence-electron chi connectivity index (χ2n) is 6.13. The van der Waals surface area contributed by atoms with Crippen LogP contribution in [0.5, 0.6) is 0 Å². The van der Waals surface area contributed by atoms with Crippen molar-refractivity contribution in [3.05, 3.63) is 17.4 Å². The van der Waals surface area contributed by atoms with Gasteiger partial charge < -0.3 is 10.2 Å². The molecule has 0 aliphatic carbocycles. The molecule has 0 fully saturated rings. The van der Waals surface area contributed by atoms with E-state index in [0.29, 0.717) is 0 Å². The molecule has 0 aromatic heterocycles. The maximum absolute atomic E-state index is 10.0. The molecule has 0 rings (SSSR count). The molecular weight excluding hydrogens is 188 g/mol. The Hall–Kier alpha value is -0.560. The first-order chi connectivity index (χ1) is 6.34. The summed E-state index contributed by atoms with van der Waals surface area (Å²) in [5.41, 5.74) is 1.84. The van der Waals surface area contributed by atoms with Crippen LogP contribution in [0, 0.1) is 5.41 Å². The molecule has 0 heterocycles. The lowest BCUT2D eigenvalue weighted by molar-refractivity contribution is 0.0979. The summed E-state index contributed by atoms with van der Waals surface area (Å²) in [7, 11) is 0. The Kier molecular flexibility index (Phi) is 3.98. The molecule has 0 radical (unpaired) electrons. The Morgan fingerprint density at radius 1 is 0.933 bits per heavy atom. The molecule has 0 atom stereocenters. The van der Waals surface area contributed by atoms with Crippen LogP contribution in [0.15, 0.2) is 17.4 Å². The van der Waals surface area contributed by atoms with Crippen molar-refractivity contribution in [2.45, 2.75) is 59.7 Å². The van der Waals surface area contributed by atoms with Gasteiger partial charge in [-0.15, -0.1) is 5.73 Å².